The van der Waals surface area contributed by atoms with Crippen LogP contribution < -0.4 is 11.1 Å². The minimum absolute atomic E-state index is 0.0527. The normalized spacial score (nSPS) is 27.5. The van der Waals surface area contributed by atoms with Gasteiger partial charge in [-0.25, -0.2) is 22.9 Å². The number of anilines is 1. The Morgan fingerprint density at radius 2 is 2.09 bits per heavy atom. The van der Waals surface area contributed by atoms with E-state index in [2.05, 4.69) is 24.6 Å². The fourth-order valence-corrected chi connectivity index (χ4v) is 7.80. The number of hydrogen-bond acceptors (Lipinski definition) is 8. The van der Waals surface area contributed by atoms with Crippen LogP contribution in [0.2, 0.25) is 0 Å². The maximum absolute atomic E-state index is 15.2. The lowest BCUT2D eigenvalue weighted by molar-refractivity contribution is 0.102. The Hall–Kier alpha value is -3.39. The topological polar surface area (TPSA) is 146 Å². The molecule has 0 radical (unpaired) electrons. The lowest BCUT2D eigenvalue weighted by Crippen LogP contribution is -2.60. The second-order valence-electron chi connectivity index (χ2n) is 9.19. The van der Waals surface area contributed by atoms with E-state index < -0.39 is 37.0 Å². The number of fused-ring (bicyclic) bond motifs is 1. The van der Waals surface area contributed by atoms with E-state index in [9.17, 15) is 9.00 Å². The minimum Gasteiger partial charge on any atom is -0.386 e. The molecule has 0 saturated carbocycles. The summed E-state index contributed by atoms with van der Waals surface area (Å²) in [5.74, 6) is -0.973. The first-order valence-electron chi connectivity index (χ1n) is 10.9. The maximum Gasteiger partial charge on any atom is 0.275 e. The highest BCUT2D eigenvalue weighted by Crippen LogP contribution is 2.46. The number of aryl methyl sites for hydroxylation is 1. The van der Waals surface area contributed by atoms with Gasteiger partial charge in [0, 0.05) is 12.7 Å². The van der Waals surface area contributed by atoms with Crippen molar-refractivity contribution >= 4 is 27.3 Å². The number of amides is 1. The summed E-state index contributed by atoms with van der Waals surface area (Å²) in [7, 11) is -2.88. The Balaban J connectivity index is 1.77. The van der Waals surface area contributed by atoms with Crippen LogP contribution in [0.4, 0.5) is 10.2 Å². The summed E-state index contributed by atoms with van der Waals surface area (Å²) in [5.41, 5.74) is 5.85. The van der Waals surface area contributed by atoms with Crippen molar-refractivity contribution in [3.63, 3.8) is 0 Å². The van der Waals surface area contributed by atoms with Gasteiger partial charge in [0.2, 0.25) is 0 Å². The molecule has 2 aliphatic rings. The van der Waals surface area contributed by atoms with Crippen molar-refractivity contribution < 1.29 is 13.4 Å². The fraction of sp³-hybridized carbons (Fsp3) is 0.435. The molecule has 0 fully saturated rings. The first-order chi connectivity index (χ1) is 15.9. The molecule has 9 nitrogen and oxygen atoms in total. The highest BCUT2D eigenvalue weighted by atomic mass is 32.2. The van der Waals surface area contributed by atoms with E-state index in [0.29, 0.717) is 30.5 Å². The quantitative estimate of drug-likeness (QED) is 0.686. The highest BCUT2D eigenvalue weighted by Gasteiger charge is 2.56. The molecule has 0 unspecified atom stereocenters. The number of halogens is 1. The Morgan fingerprint density at radius 3 is 2.76 bits per heavy atom. The van der Waals surface area contributed by atoms with Gasteiger partial charge in [0.1, 0.15) is 45.2 Å². The summed E-state index contributed by atoms with van der Waals surface area (Å²) < 4.78 is 32.8. The predicted octanol–water partition coefficient (Wildman–Crippen LogP) is 3.04. The van der Waals surface area contributed by atoms with Crippen LogP contribution in [0.25, 0.3) is 0 Å². The molecule has 0 aliphatic carbocycles. The SMILES string of the molecule is Cc1cc(C#N)cnc1C(=O)Nc1ccc(F)c([C@@]2(C)N=C(N)C(C)(C)[S@]3(=O)=NCCC[C@H]23)n1. The minimum atomic E-state index is -2.88. The number of carbonyl (C=O) groups is 1. The molecule has 0 spiro atoms. The van der Waals surface area contributed by atoms with Crippen LogP contribution >= 0.6 is 0 Å². The van der Waals surface area contributed by atoms with Gasteiger partial charge < -0.3 is 11.1 Å². The summed E-state index contributed by atoms with van der Waals surface area (Å²) in [6.07, 6.45) is 2.53. The average Bonchev–Trinajstić information content (AvgIpc) is 2.79. The van der Waals surface area contributed by atoms with Gasteiger partial charge in [0.05, 0.1) is 20.5 Å². The smallest absolute Gasteiger partial charge is 0.275 e. The van der Waals surface area contributed by atoms with Crippen LogP contribution in [0.15, 0.2) is 33.8 Å². The zero-order valence-electron chi connectivity index (χ0n) is 19.4. The van der Waals surface area contributed by atoms with E-state index in [-0.39, 0.29) is 23.0 Å². The fourth-order valence-electron chi connectivity index (χ4n) is 4.56. The third-order valence-electron chi connectivity index (χ3n) is 6.61. The van der Waals surface area contributed by atoms with Gasteiger partial charge in [-0.05, 0) is 64.3 Å². The molecule has 2 aromatic heterocycles. The van der Waals surface area contributed by atoms with E-state index in [1.54, 1.807) is 33.8 Å². The van der Waals surface area contributed by atoms with Gasteiger partial charge in [0.25, 0.3) is 5.91 Å². The Morgan fingerprint density at radius 1 is 1.35 bits per heavy atom. The van der Waals surface area contributed by atoms with Crippen molar-refractivity contribution in [2.24, 2.45) is 15.1 Å². The molecule has 3 N–H and O–H groups in total. The molecule has 2 aromatic rings. The van der Waals surface area contributed by atoms with Gasteiger partial charge in [-0.15, -0.1) is 0 Å². The predicted molar refractivity (Wildman–Crippen MR) is 127 cm³/mol. The Bertz CT molecular complexity index is 1390. The summed E-state index contributed by atoms with van der Waals surface area (Å²) in [5, 5.41) is 11.0. The van der Waals surface area contributed by atoms with Crippen LogP contribution in [0.3, 0.4) is 0 Å². The number of nitriles is 1. The molecule has 4 heterocycles. The van der Waals surface area contributed by atoms with Crippen molar-refractivity contribution in [2.45, 2.75) is 56.1 Å². The molecule has 0 aromatic carbocycles. The number of amidine groups is 1. The van der Waals surface area contributed by atoms with Crippen molar-refractivity contribution in [1.29, 1.82) is 5.26 Å². The van der Waals surface area contributed by atoms with Crippen LogP contribution in [-0.2, 0) is 15.3 Å². The second kappa shape index (κ2) is 8.13. The van der Waals surface area contributed by atoms with Crippen LogP contribution in [0, 0.1) is 24.1 Å². The van der Waals surface area contributed by atoms with E-state index in [4.69, 9.17) is 11.0 Å². The average molecular weight is 484 g/mol. The molecular weight excluding hydrogens is 457 g/mol. The number of carbonyl (C=O) groups excluding carboxylic acids is 1. The molecule has 4 rings (SSSR count). The van der Waals surface area contributed by atoms with Crippen LogP contribution in [0.5, 0.6) is 0 Å². The molecule has 178 valence electrons. The maximum atomic E-state index is 15.2. The number of rotatable bonds is 3. The summed E-state index contributed by atoms with van der Waals surface area (Å²) in [6, 6.07) is 6.05. The largest absolute Gasteiger partial charge is 0.386 e. The number of nitrogens with one attached hydrogen (secondary N) is 1. The zero-order chi connectivity index (χ0) is 24.9. The lowest BCUT2D eigenvalue weighted by Gasteiger charge is -2.47. The Labute approximate surface area is 197 Å². The van der Waals surface area contributed by atoms with E-state index >= 15 is 4.39 Å². The van der Waals surface area contributed by atoms with E-state index in [1.165, 1.54) is 18.3 Å². The number of aliphatic imine (C=N–C) groups is 1. The van der Waals surface area contributed by atoms with E-state index in [0.717, 1.165) is 0 Å². The number of hydrogen-bond donors (Lipinski definition) is 2. The molecule has 0 saturated heterocycles. The third kappa shape index (κ3) is 3.53. The second-order valence-corrected chi connectivity index (χ2v) is 12.2. The standard InChI is InChI=1S/C23H26FN7O2S/c1-13-10-14(11-25)12-27-18(13)20(32)30-17-8-7-15(24)19(29-17)23(4)16-6-5-9-28-34(16,33)22(2,3)21(26)31-23/h7-8,10,12,16H,5-6,9H2,1-4H3,(H2,26,31)(H,29,30,32)/t16-,23+,34+/m1/s1. The van der Waals surface area contributed by atoms with Gasteiger partial charge >= 0.3 is 0 Å². The van der Waals surface area contributed by atoms with E-state index in [1.807, 2.05) is 6.07 Å². The molecule has 3 atom stereocenters. The summed E-state index contributed by atoms with van der Waals surface area (Å²) >= 11 is 0. The van der Waals surface area contributed by atoms with Gasteiger partial charge in [-0.1, -0.05) is 0 Å². The van der Waals surface area contributed by atoms with Crippen molar-refractivity contribution in [2.75, 3.05) is 11.9 Å². The molecule has 1 amide bonds. The number of nitrogens with two attached hydrogens (primary N) is 1. The molecule has 34 heavy (non-hydrogen) atoms. The van der Waals surface area contributed by atoms with Crippen molar-refractivity contribution in [1.82, 2.24) is 9.97 Å². The first-order valence-corrected chi connectivity index (χ1v) is 12.4. The van der Waals surface area contributed by atoms with Crippen LogP contribution in [-0.4, -0.2) is 42.5 Å². The molecule has 11 heteroatoms. The van der Waals surface area contributed by atoms with Crippen molar-refractivity contribution in [3.05, 3.63) is 52.7 Å². The lowest BCUT2D eigenvalue weighted by atomic mass is 9.89. The van der Waals surface area contributed by atoms with Gasteiger partial charge in [-0.2, -0.15) is 5.26 Å². The molecule has 2 aliphatic heterocycles. The van der Waals surface area contributed by atoms with Crippen LogP contribution in [0.1, 0.15) is 60.9 Å². The van der Waals surface area contributed by atoms with Crippen molar-refractivity contribution in [3.8, 4) is 6.07 Å². The summed E-state index contributed by atoms with van der Waals surface area (Å²) in [4.78, 5) is 25.9. The number of aromatic nitrogens is 2. The first kappa shape index (κ1) is 23.8. The monoisotopic (exact) mass is 483 g/mol. The molecule has 0 bridgehead atoms. The number of nitrogens with zero attached hydrogens (tertiary/aromatic N) is 5. The Kier molecular flexibility index (Phi) is 5.68. The third-order valence-corrected chi connectivity index (χ3v) is 10.3. The number of pyridine rings is 2. The van der Waals surface area contributed by atoms with Gasteiger partial charge in [0.15, 0.2) is 0 Å². The highest BCUT2D eigenvalue weighted by molar-refractivity contribution is 7.96. The summed E-state index contributed by atoms with van der Waals surface area (Å²) in [6.45, 7) is 7.29. The zero-order valence-corrected chi connectivity index (χ0v) is 20.2. The van der Waals surface area contributed by atoms with Gasteiger partial charge in [-0.3, -0.25) is 9.79 Å². The molecular formula is C23H26FN7O2S.